The van der Waals surface area contributed by atoms with Gasteiger partial charge in [-0.3, -0.25) is 4.79 Å². The lowest BCUT2D eigenvalue weighted by Gasteiger charge is -2.25. The number of methoxy groups -OCH3 is 2. The molecule has 1 atom stereocenters. The molecule has 0 radical (unpaired) electrons. The number of hydrogen-bond acceptors (Lipinski definition) is 4. The van der Waals surface area contributed by atoms with Crippen LogP contribution in [0.5, 0.6) is 11.5 Å². The molecule has 3 N–H and O–H groups in total. The Labute approximate surface area is 150 Å². The summed E-state index contributed by atoms with van der Waals surface area (Å²) in [6, 6.07) is 10.9. The topological polar surface area (TPSA) is 73.6 Å². The molecule has 1 amide bonds. The van der Waals surface area contributed by atoms with Gasteiger partial charge in [0.1, 0.15) is 5.54 Å². The number of hydrogen-bond donors (Lipinski definition) is 2. The van der Waals surface area contributed by atoms with E-state index >= 15 is 0 Å². The van der Waals surface area contributed by atoms with Crippen LogP contribution in [0.15, 0.2) is 40.9 Å². The van der Waals surface area contributed by atoms with Gasteiger partial charge in [0, 0.05) is 16.2 Å². The molecule has 0 aliphatic heterocycles. The molecule has 0 aliphatic carbocycles. The third-order valence-electron chi connectivity index (χ3n) is 3.89. The SMILES string of the molecule is COc1cc(C)c(NC(=O)C(C)(N)c2ccc(Br)cc2)cc1OC. The first-order valence-electron chi connectivity index (χ1n) is 7.38. The Morgan fingerprint density at radius 3 is 2.21 bits per heavy atom. The number of carbonyl (C=O) groups excluding carboxylic acids is 1. The number of amides is 1. The van der Waals surface area contributed by atoms with Crippen molar-refractivity contribution in [1.82, 2.24) is 0 Å². The van der Waals surface area contributed by atoms with Crippen LogP contribution < -0.4 is 20.5 Å². The van der Waals surface area contributed by atoms with E-state index in [-0.39, 0.29) is 5.91 Å². The molecular weight excluding hydrogens is 372 g/mol. The predicted octanol–water partition coefficient (Wildman–Crippen LogP) is 3.59. The van der Waals surface area contributed by atoms with Crippen molar-refractivity contribution in [2.75, 3.05) is 19.5 Å². The minimum Gasteiger partial charge on any atom is -0.493 e. The average molecular weight is 393 g/mol. The van der Waals surface area contributed by atoms with Crippen LogP contribution in [0, 0.1) is 6.92 Å². The first kappa shape index (κ1) is 18.3. The normalized spacial score (nSPS) is 13.1. The number of halogens is 1. The fourth-order valence-corrected chi connectivity index (χ4v) is 2.56. The highest BCUT2D eigenvalue weighted by molar-refractivity contribution is 9.10. The minimum absolute atomic E-state index is 0.305. The van der Waals surface area contributed by atoms with Crippen molar-refractivity contribution in [1.29, 1.82) is 0 Å². The summed E-state index contributed by atoms with van der Waals surface area (Å²) in [7, 11) is 3.12. The number of carbonyl (C=O) groups is 1. The van der Waals surface area contributed by atoms with Gasteiger partial charge in [0.2, 0.25) is 5.91 Å². The molecule has 128 valence electrons. The molecule has 0 heterocycles. The zero-order valence-corrected chi connectivity index (χ0v) is 15.7. The Morgan fingerprint density at radius 1 is 1.12 bits per heavy atom. The molecule has 0 aromatic heterocycles. The van der Waals surface area contributed by atoms with Crippen molar-refractivity contribution >= 4 is 27.5 Å². The van der Waals surface area contributed by atoms with Gasteiger partial charge in [-0.1, -0.05) is 28.1 Å². The van der Waals surface area contributed by atoms with Gasteiger partial charge in [-0.15, -0.1) is 0 Å². The summed E-state index contributed by atoms with van der Waals surface area (Å²) in [6.07, 6.45) is 0. The molecule has 2 rings (SSSR count). The van der Waals surface area contributed by atoms with Crippen molar-refractivity contribution < 1.29 is 14.3 Å². The quantitative estimate of drug-likeness (QED) is 0.815. The van der Waals surface area contributed by atoms with Crippen LogP contribution in [-0.4, -0.2) is 20.1 Å². The van der Waals surface area contributed by atoms with Gasteiger partial charge in [0.15, 0.2) is 11.5 Å². The molecule has 24 heavy (non-hydrogen) atoms. The van der Waals surface area contributed by atoms with Gasteiger partial charge in [0.25, 0.3) is 0 Å². The summed E-state index contributed by atoms with van der Waals surface area (Å²) in [4.78, 5) is 12.7. The van der Waals surface area contributed by atoms with Gasteiger partial charge in [-0.05, 0) is 43.2 Å². The lowest BCUT2D eigenvalue weighted by atomic mass is 9.92. The lowest BCUT2D eigenvalue weighted by molar-refractivity contribution is -0.120. The molecule has 6 heteroatoms. The van der Waals surface area contributed by atoms with Crippen LogP contribution in [-0.2, 0) is 10.3 Å². The molecule has 0 saturated heterocycles. The van der Waals surface area contributed by atoms with Gasteiger partial charge in [-0.25, -0.2) is 0 Å². The largest absolute Gasteiger partial charge is 0.493 e. The summed E-state index contributed by atoms with van der Waals surface area (Å²) in [6.45, 7) is 3.56. The van der Waals surface area contributed by atoms with E-state index in [2.05, 4.69) is 21.2 Å². The highest BCUT2D eigenvalue weighted by Gasteiger charge is 2.31. The van der Waals surface area contributed by atoms with Crippen LogP contribution in [0.1, 0.15) is 18.1 Å². The van der Waals surface area contributed by atoms with Crippen LogP contribution >= 0.6 is 15.9 Å². The summed E-state index contributed by atoms with van der Waals surface area (Å²) in [5.41, 5.74) is 7.32. The zero-order chi connectivity index (χ0) is 17.9. The molecule has 0 aliphatic rings. The van der Waals surface area contributed by atoms with Crippen molar-refractivity contribution in [2.45, 2.75) is 19.4 Å². The monoisotopic (exact) mass is 392 g/mol. The Hall–Kier alpha value is -2.05. The first-order valence-corrected chi connectivity index (χ1v) is 8.18. The maximum Gasteiger partial charge on any atom is 0.248 e. The van der Waals surface area contributed by atoms with Gasteiger partial charge in [-0.2, -0.15) is 0 Å². The Morgan fingerprint density at radius 2 is 1.67 bits per heavy atom. The lowest BCUT2D eigenvalue weighted by Crippen LogP contribution is -2.45. The van der Waals surface area contributed by atoms with Crippen LogP contribution in [0.4, 0.5) is 5.69 Å². The number of ether oxygens (including phenoxy) is 2. The Kier molecular flexibility index (Phi) is 5.51. The third-order valence-corrected chi connectivity index (χ3v) is 4.42. The van der Waals surface area contributed by atoms with E-state index in [4.69, 9.17) is 15.2 Å². The number of benzene rings is 2. The van der Waals surface area contributed by atoms with E-state index in [0.717, 1.165) is 15.6 Å². The second kappa shape index (κ2) is 7.23. The smallest absolute Gasteiger partial charge is 0.248 e. The van der Waals surface area contributed by atoms with Crippen LogP contribution in [0.25, 0.3) is 0 Å². The van der Waals surface area contributed by atoms with E-state index < -0.39 is 5.54 Å². The van der Waals surface area contributed by atoms with Crippen molar-refractivity contribution in [3.63, 3.8) is 0 Å². The average Bonchev–Trinajstić information content (AvgIpc) is 2.56. The number of nitrogens with two attached hydrogens (primary N) is 1. The maximum atomic E-state index is 12.7. The van der Waals surface area contributed by atoms with Gasteiger partial charge < -0.3 is 20.5 Å². The molecule has 0 spiro atoms. The highest BCUT2D eigenvalue weighted by Crippen LogP contribution is 2.33. The molecule has 0 bridgehead atoms. The van der Waals surface area contributed by atoms with E-state index in [0.29, 0.717) is 17.2 Å². The van der Waals surface area contributed by atoms with Gasteiger partial charge >= 0.3 is 0 Å². The summed E-state index contributed by atoms with van der Waals surface area (Å²) in [5, 5.41) is 2.88. The minimum atomic E-state index is -1.17. The number of nitrogens with one attached hydrogen (secondary N) is 1. The van der Waals surface area contributed by atoms with Crippen molar-refractivity contribution in [3.05, 3.63) is 52.0 Å². The molecule has 2 aromatic carbocycles. The van der Waals surface area contributed by atoms with Crippen molar-refractivity contribution in [2.24, 2.45) is 5.73 Å². The summed E-state index contributed by atoms with van der Waals surface area (Å²) < 4.78 is 11.5. The second-order valence-electron chi connectivity index (χ2n) is 5.69. The zero-order valence-electron chi connectivity index (χ0n) is 14.1. The van der Waals surface area contributed by atoms with E-state index in [1.807, 2.05) is 37.3 Å². The molecule has 5 nitrogen and oxygen atoms in total. The fraction of sp³-hybridized carbons (Fsp3) is 0.278. The first-order chi connectivity index (χ1) is 11.3. The molecular formula is C18H21BrN2O3. The summed E-state index contributed by atoms with van der Waals surface area (Å²) >= 11 is 3.37. The predicted molar refractivity (Wildman–Crippen MR) is 98.6 cm³/mol. The summed E-state index contributed by atoms with van der Waals surface area (Å²) in [5.74, 6) is 0.845. The standard InChI is InChI=1S/C18H21BrN2O3/c1-11-9-15(23-3)16(24-4)10-14(11)21-17(22)18(2,20)12-5-7-13(19)8-6-12/h5-10H,20H2,1-4H3,(H,21,22). The van der Waals surface area contributed by atoms with Crippen molar-refractivity contribution in [3.8, 4) is 11.5 Å². The second-order valence-corrected chi connectivity index (χ2v) is 6.60. The molecule has 0 saturated carbocycles. The van der Waals surface area contributed by atoms with Crippen LogP contribution in [0.2, 0.25) is 0 Å². The fourth-order valence-electron chi connectivity index (χ4n) is 2.29. The molecule has 1 unspecified atom stereocenters. The maximum absolute atomic E-state index is 12.7. The number of anilines is 1. The van der Waals surface area contributed by atoms with Crippen LogP contribution in [0.3, 0.4) is 0 Å². The Balaban J connectivity index is 2.30. The third kappa shape index (κ3) is 3.71. The highest BCUT2D eigenvalue weighted by atomic mass is 79.9. The van der Waals surface area contributed by atoms with Gasteiger partial charge in [0.05, 0.1) is 14.2 Å². The molecule has 0 fully saturated rings. The number of aryl methyl sites for hydroxylation is 1. The van der Waals surface area contributed by atoms with E-state index in [1.54, 1.807) is 27.2 Å². The molecule has 2 aromatic rings. The van der Waals surface area contributed by atoms with E-state index in [9.17, 15) is 4.79 Å². The number of rotatable bonds is 5. The Bertz CT molecular complexity index is 743. The van der Waals surface area contributed by atoms with E-state index in [1.165, 1.54) is 0 Å².